The standard InChI is InChI=1S/C8H8N2O4/c11-9-5-6-14-8-3-1-7(2-4-8)10(12)13/h1-5,11H,6H2/b9-5+. The topological polar surface area (TPSA) is 85.0 Å². The van der Waals surface area contributed by atoms with E-state index in [9.17, 15) is 10.1 Å². The van der Waals surface area contributed by atoms with Gasteiger partial charge in [0.15, 0.2) is 0 Å². The molecule has 0 heterocycles. The van der Waals surface area contributed by atoms with Crippen LogP contribution in [-0.2, 0) is 0 Å². The summed E-state index contributed by atoms with van der Waals surface area (Å²) in [6, 6.07) is 5.63. The number of non-ortho nitro benzene ring substituents is 1. The predicted octanol–water partition coefficient (Wildman–Crippen LogP) is 1.43. The fourth-order valence-electron chi connectivity index (χ4n) is 0.831. The lowest BCUT2D eigenvalue weighted by Gasteiger charge is -2.00. The molecule has 74 valence electrons. The first-order chi connectivity index (χ1) is 6.74. The Morgan fingerprint density at radius 2 is 2.14 bits per heavy atom. The van der Waals surface area contributed by atoms with Gasteiger partial charge in [0, 0.05) is 12.1 Å². The smallest absolute Gasteiger partial charge is 0.269 e. The highest BCUT2D eigenvalue weighted by molar-refractivity contribution is 5.58. The number of hydrogen-bond donors (Lipinski definition) is 1. The summed E-state index contributed by atoms with van der Waals surface area (Å²) in [7, 11) is 0. The minimum absolute atomic E-state index is 0.00757. The van der Waals surface area contributed by atoms with Crippen molar-refractivity contribution < 1.29 is 14.9 Å². The van der Waals surface area contributed by atoms with E-state index in [2.05, 4.69) is 5.16 Å². The maximum absolute atomic E-state index is 10.3. The number of benzene rings is 1. The molecule has 6 nitrogen and oxygen atoms in total. The van der Waals surface area contributed by atoms with Gasteiger partial charge in [0.25, 0.3) is 5.69 Å². The van der Waals surface area contributed by atoms with Crippen LogP contribution >= 0.6 is 0 Å². The van der Waals surface area contributed by atoms with Crippen molar-refractivity contribution in [2.24, 2.45) is 5.16 Å². The van der Waals surface area contributed by atoms with Gasteiger partial charge in [0.1, 0.15) is 12.4 Å². The van der Waals surface area contributed by atoms with Gasteiger partial charge in [-0.25, -0.2) is 0 Å². The normalized spacial score (nSPS) is 10.3. The van der Waals surface area contributed by atoms with E-state index < -0.39 is 4.92 Å². The Morgan fingerprint density at radius 3 is 2.64 bits per heavy atom. The van der Waals surface area contributed by atoms with Crippen molar-refractivity contribution in [1.82, 2.24) is 0 Å². The molecule has 1 rings (SSSR count). The van der Waals surface area contributed by atoms with Crippen LogP contribution in [0.2, 0.25) is 0 Å². The van der Waals surface area contributed by atoms with Crippen LogP contribution in [0.5, 0.6) is 5.75 Å². The molecule has 0 saturated carbocycles. The maximum Gasteiger partial charge on any atom is 0.269 e. The Labute approximate surface area is 79.6 Å². The minimum atomic E-state index is -0.487. The van der Waals surface area contributed by atoms with Crippen molar-refractivity contribution in [3.8, 4) is 5.75 Å². The largest absolute Gasteiger partial charge is 0.488 e. The van der Waals surface area contributed by atoms with Crippen LogP contribution < -0.4 is 4.74 Å². The number of oxime groups is 1. The third-order valence-corrected chi connectivity index (χ3v) is 1.45. The summed E-state index contributed by atoms with van der Waals surface area (Å²) >= 11 is 0. The van der Waals surface area contributed by atoms with Gasteiger partial charge in [0.05, 0.1) is 11.1 Å². The van der Waals surface area contributed by atoms with E-state index in [0.29, 0.717) is 5.75 Å². The number of nitro benzene ring substituents is 1. The van der Waals surface area contributed by atoms with Crippen LogP contribution in [0, 0.1) is 10.1 Å². The minimum Gasteiger partial charge on any atom is -0.488 e. The average Bonchev–Trinajstić information content (AvgIpc) is 2.19. The second-order valence-corrected chi connectivity index (χ2v) is 2.36. The highest BCUT2D eigenvalue weighted by atomic mass is 16.6. The molecule has 1 aromatic carbocycles. The Morgan fingerprint density at radius 1 is 1.50 bits per heavy atom. The summed E-state index contributed by atoms with van der Waals surface area (Å²) in [5, 5.41) is 21.1. The van der Waals surface area contributed by atoms with Crippen molar-refractivity contribution in [2.45, 2.75) is 0 Å². The van der Waals surface area contributed by atoms with Gasteiger partial charge in [-0.15, -0.1) is 0 Å². The zero-order chi connectivity index (χ0) is 10.4. The second kappa shape index (κ2) is 4.80. The van der Waals surface area contributed by atoms with Crippen molar-refractivity contribution in [3.63, 3.8) is 0 Å². The number of ether oxygens (including phenoxy) is 1. The van der Waals surface area contributed by atoms with Gasteiger partial charge in [-0.05, 0) is 12.1 Å². The molecule has 0 bridgehead atoms. The van der Waals surface area contributed by atoms with Crippen LogP contribution in [0.3, 0.4) is 0 Å². The lowest BCUT2D eigenvalue weighted by atomic mass is 10.3. The highest BCUT2D eigenvalue weighted by Gasteiger charge is 2.03. The Hall–Kier alpha value is -2.11. The molecule has 0 fully saturated rings. The van der Waals surface area contributed by atoms with E-state index in [-0.39, 0.29) is 12.3 Å². The van der Waals surface area contributed by atoms with E-state index in [1.807, 2.05) is 0 Å². The Balaban J connectivity index is 2.59. The summed E-state index contributed by atoms with van der Waals surface area (Å²) in [5.74, 6) is 0.482. The third-order valence-electron chi connectivity index (χ3n) is 1.45. The molecule has 0 atom stereocenters. The van der Waals surface area contributed by atoms with Crippen LogP contribution in [-0.4, -0.2) is 23.0 Å². The molecule has 0 radical (unpaired) electrons. The average molecular weight is 196 g/mol. The van der Waals surface area contributed by atoms with Gasteiger partial charge >= 0.3 is 0 Å². The number of nitro groups is 1. The molecule has 14 heavy (non-hydrogen) atoms. The van der Waals surface area contributed by atoms with E-state index in [1.54, 1.807) is 0 Å². The lowest BCUT2D eigenvalue weighted by molar-refractivity contribution is -0.384. The van der Waals surface area contributed by atoms with Gasteiger partial charge in [0.2, 0.25) is 0 Å². The van der Waals surface area contributed by atoms with Gasteiger partial charge in [-0.2, -0.15) is 0 Å². The van der Waals surface area contributed by atoms with Crippen LogP contribution in [0.15, 0.2) is 29.4 Å². The Kier molecular flexibility index (Phi) is 3.42. The first-order valence-corrected chi connectivity index (χ1v) is 3.77. The van der Waals surface area contributed by atoms with Crippen LogP contribution in [0.1, 0.15) is 0 Å². The zero-order valence-electron chi connectivity index (χ0n) is 7.16. The lowest BCUT2D eigenvalue weighted by Crippen LogP contribution is -1.98. The van der Waals surface area contributed by atoms with Crippen molar-refractivity contribution in [3.05, 3.63) is 34.4 Å². The molecule has 0 amide bonds. The molecule has 1 N–H and O–H groups in total. The van der Waals surface area contributed by atoms with Crippen LogP contribution in [0.4, 0.5) is 5.69 Å². The molecule has 6 heteroatoms. The molecule has 0 saturated heterocycles. The molecule has 1 aromatic rings. The number of hydrogen-bond acceptors (Lipinski definition) is 5. The first kappa shape index (κ1) is 9.97. The van der Waals surface area contributed by atoms with Crippen molar-refractivity contribution >= 4 is 11.9 Å². The first-order valence-electron chi connectivity index (χ1n) is 3.77. The van der Waals surface area contributed by atoms with Gasteiger partial charge < -0.3 is 9.94 Å². The third kappa shape index (κ3) is 2.74. The SMILES string of the molecule is O=[N+]([O-])c1ccc(OC/C=N/O)cc1. The van der Waals surface area contributed by atoms with Crippen molar-refractivity contribution in [1.29, 1.82) is 0 Å². The summed E-state index contributed by atoms with van der Waals surface area (Å²) in [6.45, 7) is 0.119. The molecule has 0 aliphatic carbocycles. The van der Waals surface area contributed by atoms with E-state index in [0.717, 1.165) is 0 Å². The fourth-order valence-corrected chi connectivity index (χ4v) is 0.831. The molecular weight excluding hydrogens is 188 g/mol. The number of nitrogens with zero attached hydrogens (tertiary/aromatic N) is 2. The van der Waals surface area contributed by atoms with E-state index >= 15 is 0 Å². The Bertz CT molecular complexity index is 334. The van der Waals surface area contributed by atoms with Gasteiger partial charge in [-0.3, -0.25) is 10.1 Å². The predicted molar refractivity (Wildman–Crippen MR) is 48.9 cm³/mol. The van der Waals surface area contributed by atoms with Crippen LogP contribution in [0.25, 0.3) is 0 Å². The summed E-state index contributed by atoms with van der Waals surface area (Å²) < 4.78 is 5.05. The highest BCUT2D eigenvalue weighted by Crippen LogP contribution is 2.16. The molecule has 0 aliphatic rings. The summed E-state index contributed by atoms with van der Waals surface area (Å²) in [6.07, 6.45) is 1.17. The van der Waals surface area contributed by atoms with E-state index in [4.69, 9.17) is 9.94 Å². The maximum atomic E-state index is 10.3. The fraction of sp³-hybridized carbons (Fsp3) is 0.125. The molecule has 0 aliphatic heterocycles. The summed E-state index contributed by atoms with van der Waals surface area (Å²) in [4.78, 5) is 9.80. The second-order valence-electron chi connectivity index (χ2n) is 2.36. The monoisotopic (exact) mass is 196 g/mol. The quantitative estimate of drug-likeness (QED) is 0.341. The van der Waals surface area contributed by atoms with Crippen molar-refractivity contribution in [2.75, 3.05) is 6.61 Å². The summed E-state index contributed by atoms with van der Waals surface area (Å²) in [5.41, 5.74) is 0.00757. The molecular formula is C8H8N2O4. The van der Waals surface area contributed by atoms with Gasteiger partial charge in [-0.1, -0.05) is 5.16 Å². The number of rotatable bonds is 4. The molecule has 0 aromatic heterocycles. The molecule has 0 unspecified atom stereocenters. The van der Waals surface area contributed by atoms with E-state index in [1.165, 1.54) is 30.5 Å². The molecule has 0 spiro atoms. The zero-order valence-corrected chi connectivity index (χ0v) is 7.16.